The molecule has 0 fully saturated rings. The van der Waals surface area contributed by atoms with E-state index in [-0.39, 0.29) is 28.8 Å². The highest BCUT2D eigenvalue weighted by Gasteiger charge is 2.31. The second-order valence-corrected chi connectivity index (χ2v) is 8.51. The van der Waals surface area contributed by atoms with E-state index in [0.29, 0.717) is 11.2 Å². The fourth-order valence-electron chi connectivity index (χ4n) is 3.14. The minimum absolute atomic E-state index is 0.0191. The van der Waals surface area contributed by atoms with Crippen LogP contribution in [0.5, 0.6) is 17.4 Å². The van der Waals surface area contributed by atoms with Gasteiger partial charge in [-0.2, -0.15) is 0 Å². The average Bonchev–Trinajstić information content (AvgIpc) is 3.13. The number of carbonyl (C=O) groups excluding carboxylic acids is 1. The summed E-state index contributed by atoms with van der Waals surface area (Å²) in [7, 11) is 0. The van der Waals surface area contributed by atoms with Crippen molar-refractivity contribution in [2.75, 3.05) is 5.32 Å². The zero-order chi connectivity index (χ0) is 24.5. The van der Waals surface area contributed by atoms with Gasteiger partial charge in [0, 0.05) is 17.7 Å². The van der Waals surface area contributed by atoms with E-state index in [1.807, 2.05) is 12.1 Å². The molecule has 1 amide bonds. The fraction of sp³-hybridized carbons (Fsp3) is 0.208. The van der Waals surface area contributed by atoms with Crippen LogP contribution in [0.2, 0.25) is 0 Å². The molecule has 0 aliphatic heterocycles. The van der Waals surface area contributed by atoms with E-state index in [4.69, 9.17) is 4.74 Å². The Kier molecular flexibility index (Phi) is 5.90. The monoisotopic (exact) mass is 470 g/mol. The highest BCUT2D eigenvalue weighted by molar-refractivity contribution is 6.03. The molecule has 2 heterocycles. The number of hydrogen-bond acceptors (Lipinski definition) is 5. The number of nitrogens with one attached hydrogen (secondary N) is 1. The first kappa shape index (κ1) is 23.1. The summed E-state index contributed by atoms with van der Waals surface area (Å²) in [6.45, 7) is 6.28. The Labute approximate surface area is 193 Å². The largest absolute Gasteiger partial charge is 0.573 e. The lowest BCUT2D eigenvalue weighted by atomic mass is 9.87. The van der Waals surface area contributed by atoms with Gasteiger partial charge >= 0.3 is 6.36 Å². The lowest BCUT2D eigenvalue weighted by Crippen LogP contribution is -2.17. The first-order chi connectivity index (χ1) is 16.0. The normalized spacial score (nSPS) is 11.9. The minimum atomic E-state index is -4.80. The van der Waals surface area contributed by atoms with Crippen LogP contribution in [0.3, 0.4) is 0 Å². The molecule has 0 aliphatic rings. The molecule has 0 spiro atoms. The quantitative estimate of drug-likeness (QED) is 0.389. The van der Waals surface area contributed by atoms with Gasteiger partial charge in [-0.1, -0.05) is 39.0 Å². The van der Waals surface area contributed by atoms with Crippen molar-refractivity contribution in [2.45, 2.75) is 32.5 Å². The Morgan fingerprint density at radius 1 is 0.971 bits per heavy atom. The maximum Gasteiger partial charge on any atom is 0.573 e. The highest BCUT2D eigenvalue weighted by Crippen LogP contribution is 2.28. The molecule has 7 nitrogen and oxygen atoms in total. The number of carbonyl (C=O) groups is 1. The predicted molar refractivity (Wildman–Crippen MR) is 119 cm³/mol. The maximum atomic E-state index is 12.6. The van der Waals surface area contributed by atoms with Crippen molar-refractivity contribution < 1.29 is 27.4 Å². The van der Waals surface area contributed by atoms with Crippen LogP contribution in [0.4, 0.5) is 19.0 Å². The van der Waals surface area contributed by atoms with E-state index in [1.165, 1.54) is 35.0 Å². The summed E-state index contributed by atoms with van der Waals surface area (Å²) in [5.74, 6) is -0.211. The van der Waals surface area contributed by atoms with Gasteiger partial charge in [0.15, 0.2) is 11.5 Å². The molecule has 2 aromatic heterocycles. The Morgan fingerprint density at radius 3 is 2.35 bits per heavy atom. The summed E-state index contributed by atoms with van der Waals surface area (Å²) in [6.07, 6.45) is -3.30. The number of nitrogens with zero attached hydrogens (tertiary/aromatic N) is 3. The SMILES string of the molecule is CC(C)(C)c1ccc(C(=O)Nc2cn3nc(Oc4cccc(OC(F)(F)F)c4)ccc3n2)cc1. The molecule has 0 saturated heterocycles. The Hall–Kier alpha value is -4.08. The maximum absolute atomic E-state index is 12.6. The van der Waals surface area contributed by atoms with Crippen LogP contribution in [0.15, 0.2) is 66.9 Å². The zero-order valence-corrected chi connectivity index (χ0v) is 18.6. The molecule has 0 unspecified atom stereocenters. The number of fused-ring (bicyclic) bond motifs is 1. The second kappa shape index (κ2) is 8.69. The molecule has 4 aromatic rings. The van der Waals surface area contributed by atoms with Crippen LogP contribution >= 0.6 is 0 Å². The van der Waals surface area contributed by atoms with Gasteiger partial charge in [0.1, 0.15) is 11.5 Å². The third-order valence-electron chi connectivity index (χ3n) is 4.81. The Morgan fingerprint density at radius 2 is 1.68 bits per heavy atom. The van der Waals surface area contributed by atoms with Crippen molar-refractivity contribution in [2.24, 2.45) is 0 Å². The molecule has 0 aliphatic carbocycles. The summed E-state index contributed by atoms with van der Waals surface area (Å²) in [5, 5.41) is 6.96. The smallest absolute Gasteiger partial charge is 0.437 e. The number of halogens is 3. The number of benzene rings is 2. The van der Waals surface area contributed by atoms with Crippen molar-refractivity contribution in [3.63, 3.8) is 0 Å². The van der Waals surface area contributed by atoms with Crippen molar-refractivity contribution in [3.05, 3.63) is 78.0 Å². The number of amides is 1. The van der Waals surface area contributed by atoms with Crippen LogP contribution in [0.1, 0.15) is 36.7 Å². The van der Waals surface area contributed by atoms with E-state index in [2.05, 4.69) is 40.9 Å². The van der Waals surface area contributed by atoms with Gasteiger partial charge in [-0.15, -0.1) is 18.3 Å². The van der Waals surface area contributed by atoms with Gasteiger partial charge in [0.25, 0.3) is 5.91 Å². The molecule has 0 radical (unpaired) electrons. The minimum Gasteiger partial charge on any atom is -0.437 e. The molecule has 10 heteroatoms. The van der Waals surface area contributed by atoms with Crippen molar-refractivity contribution in [3.8, 4) is 17.4 Å². The molecular weight excluding hydrogens is 449 g/mol. The molecule has 176 valence electrons. The summed E-state index contributed by atoms with van der Waals surface area (Å²) in [5.41, 5.74) is 2.03. The first-order valence-electron chi connectivity index (χ1n) is 10.3. The van der Waals surface area contributed by atoms with Gasteiger partial charge < -0.3 is 14.8 Å². The van der Waals surface area contributed by atoms with Gasteiger partial charge in [-0.3, -0.25) is 4.79 Å². The predicted octanol–water partition coefficient (Wildman–Crippen LogP) is 5.97. The Bertz CT molecular complexity index is 1330. The van der Waals surface area contributed by atoms with Crippen molar-refractivity contribution >= 4 is 17.4 Å². The van der Waals surface area contributed by atoms with Gasteiger partial charge in [-0.25, -0.2) is 9.50 Å². The number of aromatic nitrogens is 3. The zero-order valence-electron chi connectivity index (χ0n) is 18.6. The fourth-order valence-corrected chi connectivity index (χ4v) is 3.14. The topological polar surface area (TPSA) is 77.8 Å². The number of alkyl halides is 3. The van der Waals surface area contributed by atoms with Crippen molar-refractivity contribution in [1.82, 2.24) is 14.6 Å². The molecule has 0 bridgehead atoms. The average molecular weight is 470 g/mol. The molecule has 2 aromatic carbocycles. The molecule has 1 N–H and O–H groups in total. The van der Waals surface area contributed by atoms with Crippen LogP contribution in [0.25, 0.3) is 5.65 Å². The molecule has 34 heavy (non-hydrogen) atoms. The lowest BCUT2D eigenvalue weighted by molar-refractivity contribution is -0.274. The highest BCUT2D eigenvalue weighted by atomic mass is 19.4. The number of hydrogen-bond donors (Lipinski definition) is 1. The molecule has 0 atom stereocenters. The van der Waals surface area contributed by atoms with E-state index in [1.54, 1.807) is 18.2 Å². The van der Waals surface area contributed by atoms with Crippen LogP contribution in [-0.2, 0) is 5.41 Å². The molecule has 0 saturated carbocycles. The standard InChI is InChI=1S/C24H21F3N4O3/c1-23(2,3)16-9-7-15(8-10-16)22(32)29-19-14-31-20(28-19)11-12-21(30-31)33-17-5-4-6-18(13-17)34-24(25,26)27/h4-14H,1-3H3,(H,29,32). The number of anilines is 1. The van der Waals surface area contributed by atoms with E-state index in [9.17, 15) is 18.0 Å². The number of rotatable bonds is 5. The lowest BCUT2D eigenvalue weighted by Gasteiger charge is -2.18. The Balaban J connectivity index is 1.47. The third-order valence-corrected chi connectivity index (χ3v) is 4.81. The van der Waals surface area contributed by atoms with Crippen LogP contribution in [0, 0.1) is 0 Å². The summed E-state index contributed by atoms with van der Waals surface area (Å²) in [4.78, 5) is 16.9. The third kappa shape index (κ3) is 5.64. The summed E-state index contributed by atoms with van der Waals surface area (Å²) in [6, 6.07) is 15.6. The van der Waals surface area contributed by atoms with E-state index in [0.717, 1.165) is 11.6 Å². The van der Waals surface area contributed by atoms with Crippen LogP contribution in [-0.4, -0.2) is 26.9 Å². The number of imidazole rings is 1. The van der Waals surface area contributed by atoms with Gasteiger partial charge in [0.2, 0.25) is 5.88 Å². The summed E-state index contributed by atoms with van der Waals surface area (Å²) < 4.78 is 48.1. The number of ether oxygens (including phenoxy) is 2. The molecule has 4 rings (SSSR count). The molecular formula is C24H21F3N4O3. The van der Waals surface area contributed by atoms with E-state index < -0.39 is 12.1 Å². The first-order valence-corrected chi connectivity index (χ1v) is 10.3. The van der Waals surface area contributed by atoms with Gasteiger partial charge in [0.05, 0.1) is 6.20 Å². The summed E-state index contributed by atoms with van der Waals surface area (Å²) >= 11 is 0. The van der Waals surface area contributed by atoms with Crippen LogP contribution < -0.4 is 14.8 Å². The van der Waals surface area contributed by atoms with E-state index >= 15 is 0 Å². The second-order valence-electron chi connectivity index (χ2n) is 8.51. The van der Waals surface area contributed by atoms with Crippen molar-refractivity contribution in [1.29, 1.82) is 0 Å². The van der Waals surface area contributed by atoms with Gasteiger partial charge in [-0.05, 0) is 41.3 Å².